The third-order valence-electron chi connectivity index (χ3n) is 2.98. The van der Waals surface area contributed by atoms with Crippen LogP contribution in [-0.4, -0.2) is 18.3 Å². The Bertz CT molecular complexity index is 404. The van der Waals surface area contributed by atoms with Crippen molar-refractivity contribution < 1.29 is 4.79 Å². The normalized spacial score (nSPS) is 16.9. The van der Waals surface area contributed by atoms with Gasteiger partial charge in [0.1, 0.15) is 0 Å². The van der Waals surface area contributed by atoms with Crippen LogP contribution in [0.3, 0.4) is 0 Å². The second-order valence-electron chi connectivity index (χ2n) is 4.30. The number of hydrogen-bond acceptors (Lipinski definition) is 1. The van der Waals surface area contributed by atoms with Crippen molar-refractivity contribution in [3.05, 3.63) is 33.4 Å². The molecule has 16 heavy (non-hydrogen) atoms. The molecule has 1 fully saturated rings. The van der Waals surface area contributed by atoms with Gasteiger partial charge in [0.15, 0.2) is 0 Å². The van der Waals surface area contributed by atoms with Gasteiger partial charge in [-0.15, -0.1) is 11.6 Å². The highest BCUT2D eigenvalue weighted by molar-refractivity contribution is 14.1. The first-order valence-electron chi connectivity index (χ1n) is 5.26. The molecular formula is C12H13ClINO. The average Bonchev–Trinajstić information content (AvgIpc) is 3.07. The maximum Gasteiger partial charge on any atom is 0.252 e. The van der Waals surface area contributed by atoms with Crippen LogP contribution in [0.2, 0.25) is 0 Å². The molecule has 4 heteroatoms. The predicted molar refractivity (Wildman–Crippen MR) is 73.9 cm³/mol. The molecule has 1 saturated carbocycles. The Morgan fingerprint density at radius 1 is 1.44 bits per heavy atom. The Labute approximate surface area is 114 Å². The molecule has 2 nitrogen and oxygen atoms in total. The van der Waals surface area contributed by atoms with E-state index in [0.717, 1.165) is 22.0 Å². The first-order valence-corrected chi connectivity index (χ1v) is 6.87. The molecule has 1 aromatic rings. The molecule has 86 valence electrons. The fourth-order valence-electron chi connectivity index (χ4n) is 1.54. The molecule has 0 aliphatic heterocycles. The molecule has 0 spiro atoms. The van der Waals surface area contributed by atoms with Crippen molar-refractivity contribution in [2.75, 3.05) is 12.4 Å². The first-order chi connectivity index (χ1) is 7.67. The van der Waals surface area contributed by atoms with Crippen molar-refractivity contribution >= 4 is 40.1 Å². The summed E-state index contributed by atoms with van der Waals surface area (Å²) < 4.78 is 0.980. The highest BCUT2D eigenvalue weighted by Crippen LogP contribution is 2.45. The van der Waals surface area contributed by atoms with E-state index in [-0.39, 0.29) is 11.3 Å². The summed E-state index contributed by atoms with van der Waals surface area (Å²) in [5.41, 5.74) is 0.922. The lowest BCUT2D eigenvalue weighted by Gasteiger charge is -2.12. The van der Waals surface area contributed by atoms with Crippen LogP contribution in [0.4, 0.5) is 0 Å². The summed E-state index contributed by atoms with van der Waals surface area (Å²) in [6, 6.07) is 7.59. The van der Waals surface area contributed by atoms with Gasteiger partial charge >= 0.3 is 0 Å². The zero-order valence-corrected chi connectivity index (χ0v) is 11.7. The van der Waals surface area contributed by atoms with Crippen LogP contribution < -0.4 is 5.32 Å². The number of carbonyl (C=O) groups excluding carboxylic acids is 1. The molecule has 1 aromatic carbocycles. The van der Waals surface area contributed by atoms with Gasteiger partial charge < -0.3 is 5.32 Å². The molecule has 0 bridgehead atoms. The summed E-state index contributed by atoms with van der Waals surface area (Å²) in [6.45, 7) is 0.695. The number of nitrogens with one attached hydrogen (secondary N) is 1. The number of benzene rings is 1. The van der Waals surface area contributed by atoms with Crippen molar-refractivity contribution in [2.24, 2.45) is 5.41 Å². The summed E-state index contributed by atoms with van der Waals surface area (Å²) in [5.74, 6) is 0.639. The van der Waals surface area contributed by atoms with E-state index in [2.05, 4.69) is 27.9 Å². The maximum atomic E-state index is 11.9. The van der Waals surface area contributed by atoms with Crippen molar-refractivity contribution in [1.82, 2.24) is 5.32 Å². The minimum Gasteiger partial charge on any atom is -0.351 e. The van der Waals surface area contributed by atoms with Crippen molar-refractivity contribution in [3.8, 4) is 0 Å². The lowest BCUT2D eigenvalue weighted by molar-refractivity contribution is 0.0945. The van der Waals surface area contributed by atoms with Crippen LogP contribution >= 0.6 is 34.2 Å². The SMILES string of the molecule is O=C(NCC1(CCl)CC1)c1ccccc1I. The molecule has 0 saturated heterocycles. The van der Waals surface area contributed by atoms with E-state index in [4.69, 9.17) is 11.6 Å². The van der Waals surface area contributed by atoms with Gasteiger partial charge in [-0.25, -0.2) is 0 Å². The van der Waals surface area contributed by atoms with Crippen LogP contribution in [-0.2, 0) is 0 Å². The maximum absolute atomic E-state index is 11.9. The van der Waals surface area contributed by atoms with Gasteiger partial charge in [-0.1, -0.05) is 12.1 Å². The number of alkyl halides is 1. The second kappa shape index (κ2) is 4.92. The molecule has 0 radical (unpaired) electrons. The van der Waals surface area contributed by atoms with Gasteiger partial charge in [0.2, 0.25) is 0 Å². The standard InChI is InChI=1S/C12H13ClINO/c13-7-12(5-6-12)8-15-11(16)9-3-1-2-4-10(9)14/h1-4H,5-8H2,(H,15,16). The Morgan fingerprint density at radius 2 is 2.12 bits per heavy atom. The first kappa shape index (κ1) is 12.2. The highest BCUT2D eigenvalue weighted by atomic mass is 127. The minimum atomic E-state index is 0.00129. The molecule has 0 unspecified atom stereocenters. The average molecular weight is 350 g/mol. The summed E-state index contributed by atoms with van der Waals surface area (Å²) in [7, 11) is 0. The number of amides is 1. The Kier molecular flexibility index (Phi) is 3.74. The quantitative estimate of drug-likeness (QED) is 0.657. The summed E-state index contributed by atoms with van der Waals surface area (Å²) in [5, 5.41) is 2.97. The lowest BCUT2D eigenvalue weighted by atomic mass is 10.1. The molecule has 0 atom stereocenters. The van der Waals surface area contributed by atoms with Gasteiger partial charge in [-0.05, 0) is 47.6 Å². The topological polar surface area (TPSA) is 29.1 Å². The molecule has 1 N–H and O–H groups in total. The fourth-order valence-corrected chi connectivity index (χ4v) is 2.54. The number of halogens is 2. The number of hydrogen-bond donors (Lipinski definition) is 1. The lowest BCUT2D eigenvalue weighted by Crippen LogP contribution is -2.31. The third kappa shape index (κ3) is 2.69. The summed E-state index contributed by atoms with van der Waals surface area (Å²) >= 11 is 8.04. The Balaban J connectivity index is 1.96. The van der Waals surface area contributed by atoms with E-state index in [1.54, 1.807) is 0 Å². The van der Waals surface area contributed by atoms with Crippen LogP contribution in [0.25, 0.3) is 0 Å². The van der Waals surface area contributed by atoms with Gasteiger partial charge in [-0.2, -0.15) is 0 Å². The molecule has 2 rings (SSSR count). The van der Waals surface area contributed by atoms with Gasteiger partial charge in [0, 0.05) is 21.4 Å². The largest absolute Gasteiger partial charge is 0.351 e. The Hall–Kier alpha value is -0.290. The molecular weight excluding hydrogens is 336 g/mol. The molecule has 0 heterocycles. The van der Waals surface area contributed by atoms with E-state index >= 15 is 0 Å². The second-order valence-corrected chi connectivity index (χ2v) is 5.73. The zero-order valence-electron chi connectivity index (χ0n) is 8.80. The minimum absolute atomic E-state index is 0.00129. The fraction of sp³-hybridized carbons (Fsp3) is 0.417. The molecule has 1 aliphatic rings. The van der Waals surface area contributed by atoms with E-state index < -0.39 is 0 Å². The van der Waals surface area contributed by atoms with Crippen molar-refractivity contribution in [2.45, 2.75) is 12.8 Å². The van der Waals surface area contributed by atoms with E-state index in [0.29, 0.717) is 12.4 Å². The summed E-state index contributed by atoms with van der Waals surface area (Å²) in [4.78, 5) is 11.9. The van der Waals surface area contributed by atoms with E-state index in [9.17, 15) is 4.79 Å². The van der Waals surface area contributed by atoms with Gasteiger partial charge in [0.25, 0.3) is 5.91 Å². The monoisotopic (exact) mass is 349 g/mol. The Morgan fingerprint density at radius 3 is 2.69 bits per heavy atom. The van der Waals surface area contributed by atoms with Gasteiger partial charge in [-0.3, -0.25) is 4.79 Å². The number of rotatable bonds is 4. The number of carbonyl (C=O) groups is 1. The molecule has 1 aliphatic carbocycles. The van der Waals surface area contributed by atoms with E-state index in [1.165, 1.54) is 0 Å². The highest BCUT2D eigenvalue weighted by Gasteiger charge is 2.41. The van der Waals surface area contributed by atoms with Gasteiger partial charge in [0.05, 0.1) is 5.56 Å². The van der Waals surface area contributed by atoms with Crippen LogP contribution in [0.5, 0.6) is 0 Å². The van der Waals surface area contributed by atoms with Crippen molar-refractivity contribution in [3.63, 3.8) is 0 Å². The third-order valence-corrected chi connectivity index (χ3v) is 4.49. The predicted octanol–water partition coefficient (Wildman–Crippen LogP) is 3.04. The smallest absolute Gasteiger partial charge is 0.252 e. The van der Waals surface area contributed by atoms with Crippen molar-refractivity contribution in [1.29, 1.82) is 0 Å². The zero-order chi connectivity index (χ0) is 11.6. The van der Waals surface area contributed by atoms with Crippen LogP contribution in [0, 0.1) is 8.99 Å². The van der Waals surface area contributed by atoms with Crippen LogP contribution in [0.1, 0.15) is 23.2 Å². The van der Waals surface area contributed by atoms with E-state index in [1.807, 2.05) is 24.3 Å². The van der Waals surface area contributed by atoms with Crippen LogP contribution in [0.15, 0.2) is 24.3 Å². The molecule has 1 amide bonds. The summed E-state index contributed by atoms with van der Waals surface area (Å²) in [6.07, 6.45) is 2.26. The molecule has 0 aromatic heterocycles.